The van der Waals surface area contributed by atoms with E-state index >= 15 is 0 Å². The van der Waals surface area contributed by atoms with E-state index in [1.807, 2.05) is 6.07 Å². The van der Waals surface area contributed by atoms with Crippen molar-refractivity contribution in [2.75, 3.05) is 19.6 Å². The minimum atomic E-state index is -0.236. The van der Waals surface area contributed by atoms with Crippen LogP contribution in [0.15, 0.2) is 18.2 Å². The Balaban J connectivity index is 2.05. The first-order chi connectivity index (χ1) is 9.72. The van der Waals surface area contributed by atoms with Crippen LogP contribution in [0, 0.1) is 23.6 Å². The first kappa shape index (κ1) is 15.0. The Morgan fingerprint density at radius 2 is 2.10 bits per heavy atom. The molecule has 2 nitrogen and oxygen atoms in total. The molecule has 1 saturated heterocycles. The molecule has 20 heavy (non-hydrogen) atoms. The molecule has 108 valence electrons. The van der Waals surface area contributed by atoms with Crippen LogP contribution in [0.2, 0.25) is 0 Å². The van der Waals surface area contributed by atoms with Gasteiger partial charge in [-0.15, -0.1) is 0 Å². The topological polar surface area (TPSA) is 29.3 Å². The molecule has 0 bridgehead atoms. The van der Waals surface area contributed by atoms with E-state index in [9.17, 15) is 4.39 Å². The van der Waals surface area contributed by atoms with Crippen LogP contribution in [0.1, 0.15) is 37.3 Å². The van der Waals surface area contributed by atoms with Gasteiger partial charge >= 0.3 is 0 Å². The highest BCUT2D eigenvalue weighted by molar-refractivity contribution is 5.41. The highest BCUT2D eigenvalue weighted by atomic mass is 19.1. The molecule has 0 amide bonds. The van der Waals surface area contributed by atoms with Crippen LogP contribution >= 0.6 is 0 Å². The van der Waals surface area contributed by atoms with E-state index in [4.69, 9.17) is 5.73 Å². The van der Waals surface area contributed by atoms with Crippen LogP contribution in [-0.4, -0.2) is 24.5 Å². The summed E-state index contributed by atoms with van der Waals surface area (Å²) in [5, 5.41) is 0. The number of benzene rings is 1. The fourth-order valence-corrected chi connectivity index (χ4v) is 2.74. The molecule has 2 N–H and O–H groups in total. The summed E-state index contributed by atoms with van der Waals surface area (Å²) >= 11 is 0. The van der Waals surface area contributed by atoms with Gasteiger partial charge in [0.1, 0.15) is 5.82 Å². The zero-order chi connectivity index (χ0) is 14.4. The quantitative estimate of drug-likeness (QED) is 0.859. The van der Waals surface area contributed by atoms with Crippen molar-refractivity contribution in [1.82, 2.24) is 4.90 Å². The molecule has 0 spiro atoms. The standard InChI is InChI=1S/C17H23FN2/c1-2-14-7-10-20(11-8-14)13-16-5-6-17(18)12-15(16)4-3-9-19/h5-6,12,14H,2,7-11,13,19H2,1H3. The lowest BCUT2D eigenvalue weighted by Crippen LogP contribution is -2.33. The highest BCUT2D eigenvalue weighted by Crippen LogP contribution is 2.22. The average Bonchev–Trinajstić information content (AvgIpc) is 2.48. The van der Waals surface area contributed by atoms with Crippen molar-refractivity contribution in [3.8, 4) is 11.8 Å². The van der Waals surface area contributed by atoms with Crippen molar-refractivity contribution < 1.29 is 4.39 Å². The lowest BCUT2D eigenvalue weighted by Gasteiger charge is -2.31. The van der Waals surface area contributed by atoms with Gasteiger partial charge in [-0.3, -0.25) is 4.90 Å². The first-order valence-electron chi connectivity index (χ1n) is 7.42. The van der Waals surface area contributed by atoms with Gasteiger partial charge in [0.15, 0.2) is 0 Å². The molecule has 1 aromatic rings. The first-order valence-corrected chi connectivity index (χ1v) is 7.42. The number of halogens is 1. The van der Waals surface area contributed by atoms with Gasteiger partial charge in [0.05, 0.1) is 6.54 Å². The monoisotopic (exact) mass is 274 g/mol. The molecule has 0 aliphatic carbocycles. The zero-order valence-corrected chi connectivity index (χ0v) is 12.2. The Morgan fingerprint density at radius 3 is 2.75 bits per heavy atom. The predicted octanol–water partition coefficient (Wildman–Crippen LogP) is 2.76. The van der Waals surface area contributed by atoms with E-state index in [0.29, 0.717) is 6.54 Å². The summed E-state index contributed by atoms with van der Waals surface area (Å²) < 4.78 is 13.3. The number of likely N-dealkylation sites (tertiary alicyclic amines) is 1. The lowest BCUT2D eigenvalue weighted by molar-refractivity contribution is 0.175. The number of piperidine rings is 1. The van der Waals surface area contributed by atoms with Crippen LogP contribution in [-0.2, 0) is 6.54 Å². The van der Waals surface area contributed by atoms with Gasteiger partial charge in [-0.2, -0.15) is 0 Å². The summed E-state index contributed by atoms with van der Waals surface area (Å²) in [7, 11) is 0. The molecule has 0 saturated carbocycles. The van der Waals surface area contributed by atoms with Crippen LogP contribution in [0.5, 0.6) is 0 Å². The molecule has 1 aliphatic heterocycles. The fourth-order valence-electron chi connectivity index (χ4n) is 2.74. The molecule has 1 aromatic carbocycles. The Kier molecular flexibility index (Phi) is 5.58. The maximum Gasteiger partial charge on any atom is 0.124 e. The lowest BCUT2D eigenvalue weighted by atomic mass is 9.94. The van der Waals surface area contributed by atoms with E-state index < -0.39 is 0 Å². The largest absolute Gasteiger partial charge is 0.320 e. The number of nitrogens with zero attached hydrogens (tertiary/aromatic N) is 1. The van der Waals surface area contributed by atoms with Gasteiger partial charge in [0.25, 0.3) is 0 Å². The molecule has 1 fully saturated rings. The summed E-state index contributed by atoms with van der Waals surface area (Å²) in [6.45, 7) is 5.67. The molecule has 1 heterocycles. The van der Waals surface area contributed by atoms with Crippen molar-refractivity contribution >= 4 is 0 Å². The second-order valence-corrected chi connectivity index (χ2v) is 5.44. The summed E-state index contributed by atoms with van der Waals surface area (Å²) in [6.07, 6.45) is 3.81. The van der Waals surface area contributed by atoms with Crippen molar-refractivity contribution in [3.05, 3.63) is 35.1 Å². The smallest absolute Gasteiger partial charge is 0.124 e. The minimum absolute atomic E-state index is 0.236. The van der Waals surface area contributed by atoms with E-state index in [0.717, 1.165) is 36.7 Å². The van der Waals surface area contributed by atoms with Crippen molar-refractivity contribution in [2.45, 2.75) is 32.7 Å². The van der Waals surface area contributed by atoms with Gasteiger partial charge in [-0.1, -0.05) is 31.3 Å². The second kappa shape index (κ2) is 7.42. The molecule has 0 unspecified atom stereocenters. The maximum atomic E-state index is 13.3. The molecule has 3 heteroatoms. The summed E-state index contributed by atoms with van der Waals surface area (Å²) in [6, 6.07) is 4.88. The Bertz CT molecular complexity index is 493. The molecular weight excluding hydrogens is 251 g/mol. The third kappa shape index (κ3) is 4.06. The van der Waals surface area contributed by atoms with Gasteiger partial charge < -0.3 is 5.73 Å². The van der Waals surface area contributed by atoms with Gasteiger partial charge in [-0.25, -0.2) is 4.39 Å². The van der Waals surface area contributed by atoms with Gasteiger partial charge in [0, 0.05) is 12.1 Å². The second-order valence-electron chi connectivity index (χ2n) is 5.44. The van der Waals surface area contributed by atoms with Crippen LogP contribution in [0.4, 0.5) is 4.39 Å². The van der Waals surface area contributed by atoms with Crippen LogP contribution in [0.25, 0.3) is 0 Å². The Labute approximate surface area is 121 Å². The maximum absolute atomic E-state index is 13.3. The summed E-state index contributed by atoms with van der Waals surface area (Å²) in [5.41, 5.74) is 7.27. The van der Waals surface area contributed by atoms with E-state index in [1.165, 1.54) is 31.4 Å². The van der Waals surface area contributed by atoms with Gasteiger partial charge in [-0.05, 0) is 49.5 Å². The summed E-state index contributed by atoms with van der Waals surface area (Å²) in [4.78, 5) is 2.44. The third-order valence-electron chi connectivity index (χ3n) is 4.08. The third-order valence-corrected chi connectivity index (χ3v) is 4.08. The van der Waals surface area contributed by atoms with Gasteiger partial charge in [0.2, 0.25) is 0 Å². The Hall–Kier alpha value is -1.37. The Morgan fingerprint density at radius 1 is 1.35 bits per heavy atom. The SMILES string of the molecule is CCC1CCN(Cc2ccc(F)cc2C#CCN)CC1. The number of hydrogen-bond acceptors (Lipinski definition) is 2. The normalized spacial score (nSPS) is 16.8. The molecule has 0 atom stereocenters. The molecular formula is C17H23FN2. The summed E-state index contributed by atoms with van der Waals surface area (Å²) in [5.74, 6) is 6.43. The fraction of sp³-hybridized carbons (Fsp3) is 0.529. The number of nitrogens with two attached hydrogens (primary N) is 1. The molecule has 2 rings (SSSR count). The minimum Gasteiger partial charge on any atom is -0.320 e. The zero-order valence-electron chi connectivity index (χ0n) is 12.2. The molecule has 0 radical (unpaired) electrons. The highest BCUT2D eigenvalue weighted by Gasteiger charge is 2.18. The van der Waals surface area contributed by atoms with E-state index in [1.54, 1.807) is 0 Å². The average molecular weight is 274 g/mol. The van der Waals surface area contributed by atoms with Crippen molar-refractivity contribution in [3.63, 3.8) is 0 Å². The van der Waals surface area contributed by atoms with E-state index in [2.05, 4.69) is 23.7 Å². The van der Waals surface area contributed by atoms with Crippen LogP contribution in [0.3, 0.4) is 0 Å². The number of hydrogen-bond donors (Lipinski definition) is 1. The van der Waals surface area contributed by atoms with Crippen molar-refractivity contribution in [2.24, 2.45) is 11.7 Å². The molecule has 1 aliphatic rings. The van der Waals surface area contributed by atoms with Crippen molar-refractivity contribution in [1.29, 1.82) is 0 Å². The molecule has 0 aromatic heterocycles. The number of rotatable bonds is 3. The van der Waals surface area contributed by atoms with Crippen LogP contribution < -0.4 is 5.73 Å². The van der Waals surface area contributed by atoms with E-state index in [-0.39, 0.29) is 5.82 Å². The predicted molar refractivity (Wildman–Crippen MR) is 80.6 cm³/mol.